The minimum atomic E-state index is -0.0532. The molecule has 128 valence electrons. The van der Waals surface area contributed by atoms with Gasteiger partial charge in [-0.05, 0) is 31.2 Å². The van der Waals surface area contributed by atoms with Crippen molar-refractivity contribution in [2.45, 2.75) is 6.42 Å². The van der Waals surface area contributed by atoms with Gasteiger partial charge in [-0.2, -0.15) is 0 Å². The average molecular weight is 321 g/mol. The molecular formula is C17H27N3O3. The van der Waals surface area contributed by atoms with Gasteiger partial charge in [-0.15, -0.1) is 0 Å². The summed E-state index contributed by atoms with van der Waals surface area (Å²) in [5.41, 5.74) is 0.627. The van der Waals surface area contributed by atoms with Crippen LogP contribution < -0.4 is 15.4 Å². The number of nitrogens with zero attached hydrogens (tertiary/aromatic N) is 1. The zero-order chi connectivity index (χ0) is 16.3. The van der Waals surface area contributed by atoms with Gasteiger partial charge in [0.05, 0.1) is 6.61 Å². The molecule has 1 aliphatic heterocycles. The number of rotatable bonds is 9. The summed E-state index contributed by atoms with van der Waals surface area (Å²) < 4.78 is 10.5. The van der Waals surface area contributed by atoms with Crippen molar-refractivity contribution in [1.29, 1.82) is 0 Å². The second-order valence-electron chi connectivity index (χ2n) is 5.57. The first-order chi connectivity index (χ1) is 11.3. The number of piperazine rings is 1. The molecule has 1 saturated heterocycles. The first kappa shape index (κ1) is 17.7. The van der Waals surface area contributed by atoms with Crippen molar-refractivity contribution in [2.24, 2.45) is 0 Å². The Hall–Kier alpha value is -1.63. The van der Waals surface area contributed by atoms with Gasteiger partial charge in [0.15, 0.2) is 0 Å². The monoisotopic (exact) mass is 321 g/mol. The van der Waals surface area contributed by atoms with Gasteiger partial charge in [-0.25, -0.2) is 0 Å². The van der Waals surface area contributed by atoms with Crippen LogP contribution in [-0.4, -0.2) is 70.4 Å². The topological polar surface area (TPSA) is 62.8 Å². The zero-order valence-electron chi connectivity index (χ0n) is 13.8. The molecule has 1 aromatic carbocycles. The first-order valence-corrected chi connectivity index (χ1v) is 8.22. The molecule has 2 N–H and O–H groups in total. The van der Waals surface area contributed by atoms with Gasteiger partial charge in [-0.1, -0.05) is 6.07 Å². The Balaban J connectivity index is 1.69. The molecule has 6 heteroatoms. The number of hydrogen-bond acceptors (Lipinski definition) is 5. The van der Waals surface area contributed by atoms with Crippen LogP contribution in [0, 0.1) is 0 Å². The summed E-state index contributed by atoms with van der Waals surface area (Å²) in [6.45, 7) is 7.03. The van der Waals surface area contributed by atoms with Crippen LogP contribution in [-0.2, 0) is 4.74 Å². The van der Waals surface area contributed by atoms with Crippen molar-refractivity contribution in [1.82, 2.24) is 15.5 Å². The molecule has 0 saturated carbocycles. The molecule has 23 heavy (non-hydrogen) atoms. The summed E-state index contributed by atoms with van der Waals surface area (Å²) in [7, 11) is 1.63. The number of methoxy groups -OCH3 is 1. The molecule has 0 aromatic heterocycles. The Morgan fingerprint density at radius 3 is 2.91 bits per heavy atom. The van der Waals surface area contributed by atoms with E-state index < -0.39 is 0 Å². The molecule has 0 aliphatic carbocycles. The van der Waals surface area contributed by atoms with E-state index in [1.165, 1.54) is 0 Å². The lowest BCUT2D eigenvalue weighted by Gasteiger charge is -2.27. The average Bonchev–Trinajstić information content (AvgIpc) is 2.60. The van der Waals surface area contributed by atoms with E-state index in [0.717, 1.165) is 39.1 Å². The fraction of sp³-hybridized carbons (Fsp3) is 0.588. The van der Waals surface area contributed by atoms with Crippen LogP contribution in [0.25, 0.3) is 0 Å². The molecule has 0 radical (unpaired) electrons. The fourth-order valence-corrected chi connectivity index (χ4v) is 2.51. The molecule has 0 spiro atoms. The fourth-order valence-electron chi connectivity index (χ4n) is 2.51. The van der Waals surface area contributed by atoms with Crippen LogP contribution in [0.3, 0.4) is 0 Å². The summed E-state index contributed by atoms with van der Waals surface area (Å²) in [5.74, 6) is 0.637. The number of carbonyl (C=O) groups is 1. The third-order valence-electron chi connectivity index (χ3n) is 3.80. The third-order valence-corrected chi connectivity index (χ3v) is 3.80. The van der Waals surface area contributed by atoms with E-state index in [1.807, 2.05) is 12.1 Å². The minimum Gasteiger partial charge on any atom is -0.491 e. The molecule has 0 atom stereocenters. The van der Waals surface area contributed by atoms with Gasteiger partial charge in [0, 0.05) is 45.4 Å². The second-order valence-corrected chi connectivity index (χ2v) is 5.57. The van der Waals surface area contributed by atoms with Crippen LogP contribution >= 0.6 is 0 Å². The Labute approximate surface area is 138 Å². The number of carbonyl (C=O) groups excluding carboxylic acids is 1. The predicted molar refractivity (Wildman–Crippen MR) is 90.1 cm³/mol. The quantitative estimate of drug-likeness (QED) is 0.657. The van der Waals surface area contributed by atoms with E-state index in [1.54, 1.807) is 19.2 Å². The van der Waals surface area contributed by atoms with E-state index in [9.17, 15) is 4.79 Å². The maximum absolute atomic E-state index is 12.2. The van der Waals surface area contributed by atoms with Crippen molar-refractivity contribution in [3.63, 3.8) is 0 Å². The Morgan fingerprint density at radius 1 is 1.30 bits per heavy atom. The molecule has 2 rings (SSSR count). The lowest BCUT2D eigenvalue weighted by Crippen LogP contribution is -2.44. The van der Waals surface area contributed by atoms with Crippen LogP contribution in [0.2, 0.25) is 0 Å². The molecule has 1 heterocycles. The maximum atomic E-state index is 12.2. The lowest BCUT2D eigenvalue weighted by molar-refractivity contribution is 0.0950. The number of nitrogens with one attached hydrogen (secondary N) is 2. The van der Waals surface area contributed by atoms with Crippen molar-refractivity contribution in [3.05, 3.63) is 29.8 Å². The number of amides is 1. The van der Waals surface area contributed by atoms with Crippen molar-refractivity contribution < 1.29 is 14.3 Å². The van der Waals surface area contributed by atoms with Crippen LogP contribution in [0.4, 0.5) is 0 Å². The van der Waals surface area contributed by atoms with Crippen molar-refractivity contribution in [3.8, 4) is 5.75 Å². The first-order valence-electron chi connectivity index (χ1n) is 8.22. The van der Waals surface area contributed by atoms with Crippen molar-refractivity contribution in [2.75, 3.05) is 59.6 Å². The van der Waals surface area contributed by atoms with Gasteiger partial charge in [0.2, 0.25) is 0 Å². The maximum Gasteiger partial charge on any atom is 0.251 e. The van der Waals surface area contributed by atoms with E-state index in [2.05, 4.69) is 15.5 Å². The van der Waals surface area contributed by atoms with Gasteiger partial charge in [0.1, 0.15) is 12.4 Å². The third kappa shape index (κ3) is 6.56. The normalized spacial score (nSPS) is 15.3. The summed E-state index contributed by atoms with van der Waals surface area (Å²) in [4.78, 5) is 14.6. The van der Waals surface area contributed by atoms with Gasteiger partial charge < -0.3 is 25.0 Å². The molecule has 1 fully saturated rings. The van der Waals surface area contributed by atoms with Crippen LogP contribution in [0.5, 0.6) is 5.75 Å². The summed E-state index contributed by atoms with van der Waals surface area (Å²) in [5, 5.41) is 6.31. The highest BCUT2D eigenvalue weighted by molar-refractivity contribution is 5.94. The van der Waals surface area contributed by atoms with E-state index in [4.69, 9.17) is 9.47 Å². The Kier molecular flexibility index (Phi) is 7.86. The standard InChI is InChI=1S/C17H27N3O3/c1-22-12-13-23-16-5-2-4-15(14-16)17(21)19-6-3-9-20-10-7-18-8-11-20/h2,4-5,14,18H,3,6-13H2,1H3,(H,19,21). The van der Waals surface area contributed by atoms with Gasteiger partial charge in [0.25, 0.3) is 5.91 Å². The summed E-state index contributed by atoms with van der Waals surface area (Å²) in [6.07, 6.45) is 0.968. The second kappa shape index (κ2) is 10.2. The largest absolute Gasteiger partial charge is 0.491 e. The SMILES string of the molecule is COCCOc1cccc(C(=O)NCCCN2CCNCC2)c1. The Bertz CT molecular complexity index is 476. The van der Waals surface area contributed by atoms with Crippen LogP contribution in [0.15, 0.2) is 24.3 Å². The van der Waals surface area contributed by atoms with E-state index in [0.29, 0.717) is 31.1 Å². The molecule has 1 aliphatic rings. The van der Waals surface area contributed by atoms with Crippen molar-refractivity contribution >= 4 is 5.91 Å². The predicted octanol–water partition coefficient (Wildman–Crippen LogP) is 0.737. The lowest BCUT2D eigenvalue weighted by atomic mass is 10.2. The number of ether oxygens (including phenoxy) is 2. The minimum absolute atomic E-state index is 0.0532. The van der Waals surface area contributed by atoms with Crippen LogP contribution in [0.1, 0.15) is 16.8 Å². The summed E-state index contributed by atoms with van der Waals surface area (Å²) in [6, 6.07) is 7.24. The highest BCUT2D eigenvalue weighted by atomic mass is 16.5. The smallest absolute Gasteiger partial charge is 0.251 e. The highest BCUT2D eigenvalue weighted by Gasteiger charge is 2.09. The Morgan fingerprint density at radius 2 is 2.13 bits per heavy atom. The molecule has 1 aromatic rings. The highest BCUT2D eigenvalue weighted by Crippen LogP contribution is 2.13. The zero-order valence-corrected chi connectivity index (χ0v) is 13.8. The molecule has 0 unspecified atom stereocenters. The molecule has 0 bridgehead atoms. The summed E-state index contributed by atoms with van der Waals surface area (Å²) >= 11 is 0. The van der Waals surface area contributed by atoms with E-state index >= 15 is 0 Å². The number of hydrogen-bond donors (Lipinski definition) is 2. The molecule has 6 nitrogen and oxygen atoms in total. The van der Waals surface area contributed by atoms with E-state index in [-0.39, 0.29) is 5.91 Å². The van der Waals surface area contributed by atoms with Gasteiger partial charge >= 0.3 is 0 Å². The number of benzene rings is 1. The molecular weight excluding hydrogens is 294 g/mol. The molecule has 1 amide bonds. The van der Waals surface area contributed by atoms with Gasteiger partial charge in [-0.3, -0.25) is 4.79 Å².